The summed E-state index contributed by atoms with van der Waals surface area (Å²) in [6.07, 6.45) is -3.06. The summed E-state index contributed by atoms with van der Waals surface area (Å²) in [7, 11) is 0. The third-order valence-electron chi connectivity index (χ3n) is 1.58. The fourth-order valence-electron chi connectivity index (χ4n) is 0.991. The first-order valence-electron chi connectivity index (χ1n) is 3.70. The number of alkyl halides is 2. The molecule has 0 fully saturated rings. The minimum atomic E-state index is -3.06. The van der Waals surface area contributed by atoms with Crippen LogP contribution in [0.1, 0.15) is 17.8 Å². The predicted molar refractivity (Wildman–Crippen MR) is 49.5 cm³/mol. The molecule has 15 heavy (non-hydrogen) atoms. The number of aromatic nitrogens is 1. The highest BCUT2D eigenvalue weighted by molar-refractivity contribution is 9.10. The summed E-state index contributed by atoms with van der Waals surface area (Å²) in [6, 6.07) is 1.13. The lowest BCUT2D eigenvalue weighted by Gasteiger charge is -2.04. The zero-order valence-electron chi connectivity index (χ0n) is 7.15. The van der Waals surface area contributed by atoms with Crippen molar-refractivity contribution in [2.24, 2.45) is 0 Å². The fourth-order valence-corrected chi connectivity index (χ4v) is 1.60. The molecule has 0 aliphatic carbocycles. The predicted octanol–water partition coefficient (Wildman–Crippen LogP) is 2.18. The van der Waals surface area contributed by atoms with Crippen LogP contribution in [0.15, 0.2) is 10.5 Å². The van der Waals surface area contributed by atoms with Crippen molar-refractivity contribution in [3.05, 3.63) is 32.0 Å². The number of hydrogen-bond acceptors (Lipinski definition) is 4. The van der Waals surface area contributed by atoms with Gasteiger partial charge in [0.05, 0.1) is 21.7 Å². The van der Waals surface area contributed by atoms with Crippen molar-refractivity contribution >= 4 is 21.6 Å². The molecule has 0 bridgehead atoms. The Kier molecular flexibility index (Phi) is 3.64. The van der Waals surface area contributed by atoms with Crippen molar-refractivity contribution in [1.82, 2.24) is 4.98 Å². The summed E-state index contributed by atoms with van der Waals surface area (Å²) in [4.78, 5) is 12.8. The average molecular weight is 283 g/mol. The molecule has 1 rings (SSSR count). The normalized spacial score (nSPS) is 10.7. The van der Waals surface area contributed by atoms with Crippen LogP contribution in [0, 0.1) is 10.1 Å². The fraction of sp³-hybridized carbons (Fsp3) is 0.286. The molecule has 8 heteroatoms. The highest BCUT2D eigenvalue weighted by Gasteiger charge is 2.27. The van der Waals surface area contributed by atoms with Gasteiger partial charge in [0.25, 0.3) is 6.43 Å². The van der Waals surface area contributed by atoms with Gasteiger partial charge in [-0.1, -0.05) is 0 Å². The Bertz CT molecular complexity index is 400. The minimum Gasteiger partial charge on any atom is -0.390 e. The second-order valence-corrected chi connectivity index (χ2v) is 3.40. The quantitative estimate of drug-likeness (QED) is 0.681. The van der Waals surface area contributed by atoms with E-state index in [0.29, 0.717) is 0 Å². The molecule has 5 nitrogen and oxygen atoms in total. The van der Waals surface area contributed by atoms with Gasteiger partial charge >= 0.3 is 5.69 Å². The SMILES string of the molecule is O=[N+]([O-])c1c(Br)cc(CO)nc1C(F)F. The van der Waals surface area contributed by atoms with E-state index in [0.717, 1.165) is 6.07 Å². The first kappa shape index (κ1) is 11.9. The van der Waals surface area contributed by atoms with Gasteiger partial charge in [0.1, 0.15) is 0 Å². The lowest BCUT2D eigenvalue weighted by atomic mass is 10.2. The molecule has 82 valence electrons. The average Bonchev–Trinajstić information content (AvgIpc) is 2.15. The van der Waals surface area contributed by atoms with Crippen molar-refractivity contribution < 1.29 is 18.8 Å². The molecular weight excluding hydrogens is 278 g/mol. The summed E-state index contributed by atoms with van der Waals surface area (Å²) < 4.78 is 24.7. The largest absolute Gasteiger partial charge is 0.390 e. The van der Waals surface area contributed by atoms with Gasteiger partial charge in [-0.15, -0.1) is 0 Å². The van der Waals surface area contributed by atoms with Crippen LogP contribution in [0.4, 0.5) is 14.5 Å². The Morgan fingerprint density at radius 1 is 1.67 bits per heavy atom. The zero-order valence-corrected chi connectivity index (χ0v) is 8.74. The van der Waals surface area contributed by atoms with Crippen molar-refractivity contribution in [2.45, 2.75) is 13.0 Å². The van der Waals surface area contributed by atoms with Gasteiger partial charge in [0.2, 0.25) is 0 Å². The summed E-state index contributed by atoms with van der Waals surface area (Å²) in [5.74, 6) is 0. The van der Waals surface area contributed by atoms with E-state index in [2.05, 4.69) is 20.9 Å². The maximum atomic E-state index is 12.4. The monoisotopic (exact) mass is 282 g/mol. The van der Waals surface area contributed by atoms with E-state index in [1.54, 1.807) is 0 Å². The van der Waals surface area contributed by atoms with Gasteiger partial charge in [-0.25, -0.2) is 13.8 Å². The number of hydrogen-bond donors (Lipinski definition) is 1. The number of aliphatic hydroxyl groups is 1. The number of aliphatic hydroxyl groups excluding tert-OH is 1. The Morgan fingerprint density at radius 3 is 2.67 bits per heavy atom. The molecule has 1 N–H and O–H groups in total. The molecule has 0 saturated heterocycles. The van der Waals surface area contributed by atoms with Crippen molar-refractivity contribution in [3.63, 3.8) is 0 Å². The van der Waals surface area contributed by atoms with Crippen LogP contribution >= 0.6 is 15.9 Å². The molecule has 1 heterocycles. The maximum absolute atomic E-state index is 12.4. The zero-order chi connectivity index (χ0) is 11.6. The third kappa shape index (κ3) is 2.45. The lowest BCUT2D eigenvalue weighted by Crippen LogP contribution is -2.03. The van der Waals surface area contributed by atoms with E-state index >= 15 is 0 Å². The molecule has 0 radical (unpaired) electrons. The first-order valence-corrected chi connectivity index (χ1v) is 4.49. The van der Waals surface area contributed by atoms with Gasteiger partial charge in [-0.05, 0) is 22.0 Å². The highest BCUT2D eigenvalue weighted by Crippen LogP contribution is 2.34. The van der Waals surface area contributed by atoms with E-state index in [1.165, 1.54) is 0 Å². The van der Waals surface area contributed by atoms with Crippen LogP contribution in [-0.2, 0) is 6.61 Å². The van der Waals surface area contributed by atoms with Crippen molar-refractivity contribution in [1.29, 1.82) is 0 Å². The van der Waals surface area contributed by atoms with Crippen LogP contribution in [0.5, 0.6) is 0 Å². The van der Waals surface area contributed by atoms with Crippen LogP contribution in [0.3, 0.4) is 0 Å². The summed E-state index contributed by atoms with van der Waals surface area (Å²) in [5, 5.41) is 19.2. The van der Waals surface area contributed by atoms with Gasteiger partial charge in [-0.2, -0.15) is 0 Å². The molecule has 0 aromatic carbocycles. The molecule has 0 saturated carbocycles. The number of halogens is 3. The number of rotatable bonds is 3. The van der Waals surface area contributed by atoms with Gasteiger partial charge in [0.15, 0.2) is 5.69 Å². The molecule has 0 aliphatic rings. The number of nitrogens with zero attached hydrogens (tertiary/aromatic N) is 2. The van der Waals surface area contributed by atoms with E-state index in [4.69, 9.17) is 5.11 Å². The highest BCUT2D eigenvalue weighted by atomic mass is 79.9. The second kappa shape index (κ2) is 4.58. The standard InChI is InChI=1S/C7H5BrF2N2O3/c8-4-1-3(2-13)11-5(7(9)10)6(4)12(14)15/h1,7,13H,2H2. The molecule has 0 atom stereocenters. The summed E-state index contributed by atoms with van der Waals surface area (Å²) in [5.41, 5.74) is -1.77. The maximum Gasteiger partial charge on any atom is 0.310 e. The molecule has 1 aromatic heterocycles. The number of nitro groups is 1. The Balaban J connectivity index is 3.42. The lowest BCUT2D eigenvalue weighted by molar-refractivity contribution is -0.387. The minimum absolute atomic E-state index is 0.0530. The summed E-state index contributed by atoms with van der Waals surface area (Å²) in [6.45, 7) is -0.559. The van der Waals surface area contributed by atoms with Crippen molar-refractivity contribution in [2.75, 3.05) is 0 Å². The molecule has 0 unspecified atom stereocenters. The molecular formula is C7H5BrF2N2O3. The first-order chi connectivity index (χ1) is 6.97. The van der Waals surface area contributed by atoms with E-state index in [-0.39, 0.29) is 10.2 Å². The Labute approximate surface area is 91.0 Å². The van der Waals surface area contributed by atoms with Crippen LogP contribution in [0.2, 0.25) is 0 Å². The van der Waals surface area contributed by atoms with Crippen molar-refractivity contribution in [3.8, 4) is 0 Å². The second-order valence-electron chi connectivity index (χ2n) is 2.55. The molecule has 0 spiro atoms. The smallest absolute Gasteiger partial charge is 0.310 e. The van der Waals surface area contributed by atoms with E-state index in [9.17, 15) is 18.9 Å². The van der Waals surface area contributed by atoms with E-state index < -0.39 is 29.3 Å². The van der Waals surface area contributed by atoms with Crippen LogP contribution in [0.25, 0.3) is 0 Å². The third-order valence-corrected chi connectivity index (χ3v) is 2.18. The molecule has 0 amide bonds. The topological polar surface area (TPSA) is 76.3 Å². The van der Waals surface area contributed by atoms with Gasteiger partial charge in [-0.3, -0.25) is 10.1 Å². The molecule has 0 aliphatic heterocycles. The molecule has 1 aromatic rings. The van der Waals surface area contributed by atoms with Crippen LogP contribution < -0.4 is 0 Å². The van der Waals surface area contributed by atoms with Crippen LogP contribution in [-0.4, -0.2) is 15.0 Å². The van der Waals surface area contributed by atoms with Gasteiger partial charge in [0, 0.05) is 0 Å². The van der Waals surface area contributed by atoms with E-state index in [1.807, 2.05) is 0 Å². The number of pyridine rings is 1. The van der Waals surface area contributed by atoms with Gasteiger partial charge < -0.3 is 5.11 Å². The summed E-state index contributed by atoms with van der Waals surface area (Å²) >= 11 is 2.78. The Morgan fingerprint density at radius 2 is 2.27 bits per heavy atom. The Hall–Kier alpha value is -1.15.